The van der Waals surface area contributed by atoms with Crippen molar-refractivity contribution in [2.75, 3.05) is 7.11 Å². The molecule has 88 valence electrons. The molecule has 0 fully saturated rings. The van der Waals surface area contributed by atoms with Crippen molar-refractivity contribution in [1.82, 2.24) is 0 Å². The highest BCUT2D eigenvalue weighted by Gasteiger charge is 2.34. The summed E-state index contributed by atoms with van der Waals surface area (Å²) in [6.07, 6.45) is 8.66. The summed E-state index contributed by atoms with van der Waals surface area (Å²) in [6.45, 7) is 1.65. The second-order valence-electron chi connectivity index (χ2n) is 4.25. The van der Waals surface area contributed by atoms with E-state index in [-0.39, 0.29) is 5.78 Å². The number of ether oxygens (including phenoxy) is 1. The van der Waals surface area contributed by atoms with Gasteiger partial charge in [0.1, 0.15) is 11.5 Å². The van der Waals surface area contributed by atoms with E-state index in [2.05, 4.69) is 0 Å². The minimum Gasteiger partial charge on any atom is -0.497 e. The highest BCUT2D eigenvalue weighted by atomic mass is 16.5. The lowest BCUT2D eigenvalue weighted by Crippen LogP contribution is -2.32. The van der Waals surface area contributed by atoms with Crippen LogP contribution >= 0.6 is 0 Å². The van der Waals surface area contributed by atoms with Gasteiger partial charge < -0.3 is 4.74 Å². The van der Waals surface area contributed by atoms with Gasteiger partial charge in [0.25, 0.3) is 0 Å². The fourth-order valence-corrected chi connectivity index (χ4v) is 2.19. The van der Waals surface area contributed by atoms with Crippen molar-refractivity contribution in [1.29, 1.82) is 0 Å². The van der Waals surface area contributed by atoms with Crippen molar-refractivity contribution in [2.45, 2.75) is 18.8 Å². The van der Waals surface area contributed by atoms with Crippen LogP contribution in [0.15, 0.2) is 48.6 Å². The zero-order chi connectivity index (χ0) is 12.3. The Labute approximate surface area is 102 Å². The maximum atomic E-state index is 12.0. The molecule has 0 radical (unpaired) electrons. The molecule has 0 saturated carbocycles. The lowest BCUT2D eigenvalue weighted by atomic mass is 9.73. The first-order valence-electron chi connectivity index (χ1n) is 5.69. The Bertz CT molecular complexity index is 468. The lowest BCUT2D eigenvalue weighted by molar-refractivity contribution is -0.120. The molecule has 0 aliphatic heterocycles. The van der Waals surface area contributed by atoms with Crippen LogP contribution in [0.25, 0.3) is 0 Å². The summed E-state index contributed by atoms with van der Waals surface area (Å²) in [5.74, 6) is 0.978. The maximum Gasteiger partial charge on any atom is 0.144 e. The van der Waals surface area contributed by atoms with Gasteiger partial charge in [0, 0.05) is 0 Å². The average Bonchev–Trinajstić information content (AvgIpc) is 2.39. The first-order valence-corrected chi connectivity index (χ1v) is 5.69. The molecule has 0 N–H and O–H groups in total. The average molecular weight is 228 g/mol. The number of ketones is 1. The minimum atomic E-state index is -0.499. The molecule has 2 nitrogen and oxygen atoms in total. The van der Waals surface area contributed by atoms with Gasteiger partial charge in [0.2, 0.25) is 0 Å². The molecule has 1 aromatic carbocycles. The summed E-state index contributed by atoms with van der Waals surface area (Å²) < 4.78 is 5.13. The number of Topliss-reactive ketones (excluding diaryl/α,β-unsaturated/α-hetero) is 1. The molecule has 0 spiro atoms. The van der Waals surface area contributed by atoms with Crippen LogP contribution in [0.5, 0.6) is 5.75 Å². The number of allylic oxidation sites excluding steroid dienone is 4. The Balaban J connectivity index is 2.43. The summed E-state index contributed by atoms with van der Waals surface area (Å²) in [5, 5.41) is 0. The maximum absolute atomic E-state index is 12.0. The van der Waals surface area contributed by atoms with Crippen molar-refractivity contribution in [2.24, 2.45) is 0 Å². The predicted octanol–water partition coefficient (Wildman–Crippen LogP) is 3.04. The molecule has 1 atom stereocenters. The van der Waals surface area contributed by atoms with Crippen LogP contribution in [0.1, 0.15) is 18.9 Å². The number of carbonyl (C=O) groups is 1. The van der Waals surface area contributed by atoms with Gasteiger partial charge in [-0.1, -0.05) is 36.4 Å². The van der Waals surface area contributed by atoms with Crippen molar-refractivity contribution < 1.29 is 9.53 Å². The Kier molecular flexibility index (Phi) is 3.14. The molecule has 2 rings (SSSR count). The van der Waals surface area contributed by atoms with Crippen LogP contribution < -0.4 is 4.74 Å². The van der Waals surface area contributed by atoms with Gasteiger partial charge in [-0.05, 0) is 31.0 Å². The quantitative estimate of drug-likeness (QED) is 0.794. The van der Waals surface area contributed by atoms with Crippen LogP contribution in [0.4, 0.5) is 0 Å². The normalized spacial score (nSPS) is 22.5. The van der Waals surface area contributed by atoms with Crippen molar-refractivity contribution in [3.63, 3.8) is 0 Å². The van der Waals surface area contributed by atoms with Gasteiger partial charge in [-0.2, -0.15) is 0 Å². The zero-order valence-corrected chi connectivity index (χ0v) is 10.1. The van der Waals surface area contributed by atoms with Crippen molar-refractivity contribution >= 4 is 5.78 Å². The third kappa shape index (κ3) is 2.03. The first-order chi connectivity index (χ1) is 8.19. The van der Waals surface area contributed by atoms with Crippen molar-refractivity contribution in [3.8, 4) is 5.75 Å². The van der Waals surface area contributed by atoms with Crippen LogP contribution in [0.2, 0.25) is 0 Å². The van der Waals surface area contributed by atoms with E-state index in [4.69, 9.17) is 4.74 Å². The van der Waals surface area contributed by atoms with E-state index in [9.17, 15) is 4.79 Å². The lowest BCUT2D eigenvalue weighted by Gasteiger charge is -2.29. The highest BCUT2D eigenvalue weighted by Crippen LogP contribution is 2.34. The second-order valence-corrected chi connectivity index (χ2v) is 4.25. The number of methoxy groups -OCH3 is 1. The molecule has 0 heterocycles. The number of carbonyl (C=O) groups excluding carboxylic acids is 1. The molecule has 1 aliphatic carbocycles. The van der Waals surface area contributed by atoms with Gasteiger partial charge in [-0.15, -0.1) is 0 Å². The highest BCUT2D eigenvalue weighted by molar-refractivity contribution is 5.91. The first kappa shape index (κ1) is 11.6. The number of hydrogen-bond acceptors (Lipinski definition) is 2. The minimum absolute atomic E-state index is 0.170. The molecule has 17 heavy (non-hydrogen) atoms. The van der Waals surface area contributed by atoms with E-state index >= 15 is 0 Å². The van der Waals surface area contributed by atoms with Gasteiger partial charge in [0.15, 0.2) is 0 Å². The van der Waals surface area contributed by atoms with E-state index in [0.717, 1.165) is 17.7 Å². The number of rotatable bonds is 3. The van der Waals surface area contributed by atoms with E-state index in [1.165, 1.54) is 0 Å². The zero-order valence-electron chi connectivity index (χ0n) is 10.1. The summed E-state index contributed by atoms with van der Waals surface area (Å²) >= 11 is 0. The van der Waals surface area contributed by atoms with E-state index in [0.29, 0.717) is 0 Å². The standard InChI is InChI=1S/C15H16O2/c1-12(16)15(10-4-3-5-11-15)13-6-8-14(17-2)9-7-13/h3-10H,11H2,1-2H3. The number of hydrogen-bond donors (Lipinski definition) is 0. The molecular weight excluding hydrogens is 212 g/mol. The molecule has 0 bridgehead atoms. The fraction of sp³-hybridized carbons (Fsp3) is 0.267. The van der Waals surface area contributed by atoms with Gasteiger partial charge in [-0.3, -0.25) is 4.79 Å². The molecule has 0 saturated heterocycles. The molecular formula is C15H16O2. The van der Waals surface area contributed by atoms with Crippen LogP contribution in [0.3, 0.4) is 0 Å². The largest absolute Gasteiger partial charge is 0.497 e. The van der Waals surface area contributed by atoms with Gasteiger partial charge in [-0.25, -0.2) is 0 Å². The van der Waals surface area contributed by atoms with Crippen LogP contribution in [-0.2, 0) is 10.2 Å². The smallest absolute Gasteiger partial charge is 0.144 e. The van der Waals surface area contributed by atoms with E-state index in [1.807, 2.05) is 48.6 Å². The fourth-order valence-electron chi connectivity index (χ4n) is 2.19. The molecule has 1 aromatic rings. The molecule has 2 heteroatoms. The van der Waals surface area contributed by atoms with Gasteiger partial charge >= 0.3 is 0 Å². The van der Waals surface area contributed by atoms with Crippen LogP contribution in [-0.4, -0.2) is 12.9 Å². The molecule has 0 amide bonds. The Hall–Kier alpha value is -1.83. The van der Waals surface area contributed by atoms with Crippen LogP contribution in [0, 0.1) is 0 Å². The van der Waals surface area contributed by atoms with Crippen molar-refractivity contribution in [3.05, 3.63) is 54.1 Å². The Morgan fingerprint density at radius 3 is 2.41 bits per heavy atom. The summed E-state index contributed by atoms with van der Waals surface area (Å²) in [4.78, 5) is 12.0. The third-order valence-electron chi connectivity index (χ3n) is 3.30. The SMILES string of the molecule is COc1ccc(C2(C(C)=O)C=CC=CC2)cc1. The summed E-state index contributed by atoms with van der Waals surface area (Å²) in [6, 6.07) is 7.71. The summed E-state index contributed by atoms with van der Waals surface area (Å²) in [7, 11) is 1.64. The third-order valence-corrected chi connectivity index (χ3v) is 3.30. The Morgan fingerprint density at radius 1 is 1.24 bits per heavy atom. The van der Waals surface area contributed by atoms with Gasteiger partial charge in [0.05, 0.1) is 12.5 Å². The van der Waals surface area contributed by atoms with E-state index < -0.39 is 5.41 Å². The second kappa shape index (κ2) is 4.58. The monoisotopic (exact) mass is 228 g/mol. The summed E-state index contributed by atoms with van der Waals surface area (Å²) in [5.41, 5.74) is 0.521. The molecule has 0 aromatic heterocycles. The Morgan fingerprint density at radius 2 is 1.94 bits per heavy atom. The topological polar surface area (TPSA) is 26.3 Å². The molecule has 1 unspecified atom stereocenters. The predicted molar refractivity (Wildman–Crippen MR) is 68.3 cm³/mol. The molecule has 1 aliphatic rings. The van der Waals surface area contributed by atoms with E-state index in [1.54, 1.807) is 14.0 Å². The number of benzene rings is 1.